The summed E-state index contributed by atoms with van der Waals surface area (Å²) >= 11 is 0. The van der Waals surface area contributed by atoms with Gasteiger partial charge in [-0.3, -0.25) is 9.59 Å². The summed E-state index contributed by atoms with van der Waals surface area (Å²) in [5.74, 6) is -4.09. The summed E-state index contributed by atoms with van der Waals surface area (Å²) < 4.78 is 0. The Labute approximate surface area is 119 Å². The van der Waals surface area contributed by atoms with Gasteiger partial charge in [-0.2, -0.15) is 0 Å². The van der Waals surface area contributed by atoms with Crippen LogP contribution in [0, 0.1) is 11.8 Å². The number of carboxylic acid groups (broad SMARTS) is 2. The number of rotatable bonds is 2. The first-order valence-corrected chi connectivity index (χ1v) is 3.43. The molecule has 1 aliphatic rings. The quantitative estimate of drug-likeness (QED) is 0.497. The maximum Gasteiger partial charge on any atom is 1.00 e. The molecule has 0 amide bonds. The van der Waals surface area contributed by atoms with Crippen molar-refractivity contribution in [1.29, 1.82) is 0 Å². The molecule has 2 atom stereocenters. The minimum Gasteiger partial charge on any atom is -1.00 e. The predicted octanol–water partition coefficient (Wildman–Crippen LogP) is -2.37. The van der Waals surface area contributed by atoms with Gasteiger partial charge in [0.25, 0.3) is 0 Å². The average molecular weight is 208 g/mol. The zero-order valence-corrected chi connectivity index (χ0v) is 10.3. The first-order chi connectivity index (χ1) is 5.63. The van der Waals surface area contributed by atoms with E-state index in [9.17, 15) is 9.59 Å². The van der Waals surface area contributed by atoms with E-state index in [1.54, 1.807) is 0 Å². The van der Waals surface area contributed by atoms with Gasteiger partial charge in [-0.1, -0.05) is 24.3 Å². The van der Waals surface area contributed by atoms with Crippen molar-refractivity contribution in [3.63, 3.8) is 0 Å². The van der Waals surface area contributed by atoms with E-state index in [0.717, 1.165) is 0 Å². The summed E-state index contributed by atoms with van der Waals surface area (Å²) in [5, 5.41) is 17.2. The minimum atomic E-state index is -1.11. The first-order valence-electron chi connectivity index (χ1n) is 3.43. The second-order valence-electron chi connectivity index (χ2n) is 2.50. The van der Waals surface area contributed by atoms with Crippen LogP contribution in [-0.4, -0.2) is 22.2 Å². The molecule has 66 valence electrons. The van der Waals surface area contributed by atoms with Crippen LogP contribution in [0.5, 0.6) is 0 Å². The topological polar surface area (TPSA) is 74.6 Å². The largest absolute Gasteiger partial charge is 1.00 e. The maximum absolute atomic E-state index is 10.5. The van der Waals surface area contributed by atoms with Gasteiger partial charge in [-0.25, -0.2) is 0 Å². The molecule has 0 aromatic rings. The van der Waals surface area contributed by atoms with Crippen LogP contribution in [0.1, 0.15) is 1.43 Å². The smallest absolute Gasteiger partial charge is 1.00 e. The Balaban J connectivity index is 0. The van der Waals surface area contributed by atoms with Gasteiger partial charge in [0, 0.05) is 0 Å². The van der Waals surface area contributed by atoms with Crippen molar-refractivity contribution < 1.29 is 72.6 Å². The Morgan fingerprint density at radius 1 is 1.00 bits per heavy atom. The van der Waals surface area contributed by atoms with E-state index >= 15 is 0 Å². The van der Waals surface area contributed by atoms with Crippen LogP contribution in [0.4, 0.5) is 0 Å². The fraction of sp³-hybridized carbons (Fsp3) is 0.250. The van der Waals surface area contributed by atoms with Gasteiger partial charge < -0.3 is 11.6 Å². The van der Waals surface area contributed by atoms with Crippen molar-refractivity contribution in [3.05, 3.63) is 24.3 Å². The molecular weight excluding hydrogens is 199 g/mol. The third-order valence-corrected chi connectivity index (χ3v) is 1.71. The maximum atomic E-state index is 10.5. The number of hydrogen-bond acceptors (Lipinski definition) is 2. The van der Waals surface area contributed by atoms with Gasteiger partial charge >= 0.3 is 63.3 Å². The van der Waals surface area contributed by atoms with Crippen LogP contribution in [0.25, 0.3) is 0 Å². The van der Waals surface area contributed by atoms with Gasteiger partial charge in [0.15, 0.2) is 0 Å². The van der Waals surface area contributed by atoms with Gasteiger partial charge in [-0.05, 0) is 0 Å². The number of hydrogen-bond donors (Lipinski definition) is 2. The van der Waals surface area contributed by atoms with Gasteiger partial charge in [-0.15, -0.1) is 0 Å². The molecule has 0 aliphatic heterocycles. The Morgan fingerprint density at radius 3 is 1.54 bits per heavy atom. The molecule has 13 heavy (non-hydrogen) atoms. The molecule has 2 unspecified atom stereocenters. The average Bonchev–Trinajstić information content (AvgIpc) is 2.04. The number of carbonyl (C=O) groups is 2. The number of carboxylic acids is 2. The van der Waals surface area contributed by atoms with E-state index in [4.69, 9.17) is 10.2 Å². The molecule has 2 N–H and O–H groups in total. The van der Waals surface area contributed by atoms with Crippen molar-refractivity contribution >= 4 is 11.9 Å². The third kappa shape index (κ3) is 3.36. The van der Waals surface area contributed by atoms with E-state index in [1.807, 2.05) is 0 Å². The molecule has 0 saturated carbocycles. The Kier molecular flexibility index (Phi) is 5.74. The van der Waals surface area contributed by atoms with Crippen LogP contribution in [0.3, 0.4) is 0 Å². The zero-order chi connectivity index (χ0) is 9.14. The van der Waals surface area contributed by atoms with Crippen LogP contribution < -0.4 is 51.4 Å². The molecule has 0 bridgehead atoms. The van der Waals surface area contributed by atoms with Crippen molar-refractivity contribution in [1.82, 2.24) is 0 Å². The molecule has 1 aliphatic carbocycles. The molecule has 1 rings (SSSR count). The van der Waals surface area contributed by atoms with Crippen LogP contribution in [0.2, 0.25) is 0 Å². The van der Waals surface area contributed by atoms with Crippen molar-refractivity contribution in [2.75, 3.05) is 0 Å². The Bertz CT molecular complexity index is 247. The fourth-order valence-electron chi connectivity index (χ4n) is 1.08. The number of aliphatic carboxylic acids is 2. The Morgan fingerprint density at radius 2 is 1.31 bits per heavy atom. The molecule has 4 nitrogen and oxygen atoms in total. The van der Waals surface area contributed by atoms with E-state index in [0.29, 0.717) is 0 Å². The summed E-state index contributed by atoms with van der Waals surface area (Å²) in [6.07, 6.45) is 5.83. The molecule has 0 fully saturated rings. The van der Waals surface area contributed by atoms with Gasteiger partial charge in [0.2, 0.25) is 0 Å². The van der Waals surface area contributed by atoms with Crippen molar-refractivity contribution in [2.45, 2.75) is 0 Å². The Hall–Kier alpha value is 0.0564. The van der Waals surface area contributed by atoms with Crippen LogP contribution >= 0.6 is 0 Å². The zero-order valence-electron chi connectivity index (χ0n) is 8.18. The first kappa shape index (κ1) is 13.1. The van der Waals surface area contributed by atoms with Crippen molar-refractivity contribution in [3.8, 4) is 0 Å². The van der Waals surface area contributed by atoms with E-state index in [-0.39, 0.29) is 52.8 Å². The van der Waals surface area contributed by atoms with Crippen LogP contribution in [0.15, 0.2) is 24.3 Å². The summed E-state index contributed by atoms with van der Waals surface area (Å²) in [4.78, 5) is 21.0. The second kappa shape index (κ2) is 5.72. The molecule has 5 heteroatoms. The molecular formula is C8H9KO4. The van der Waals surface area contributed by atoms with Crippen molar-refractivity contribution in [2.24, 2.45) is 11.8 Å². The second-order valence-corrected chi connectivity index (χ2v) is 2.50. The summed E-state index contributed by atoms with van der Waals surface area (Å²) in [7, 11) is 0. The van der Waals surface area contributed by atoms with E-state index in [1.165, 1.54) is 24.3 Å². The van der Waals surface area contributed by atoms with Gasteiger partial charge in [0.1, 0.15) is 0 Å². The summed E-state index contributed by atoms with van der Waals surface area (Å²) in [6, 6.07) is 0. The predicted molar refractivity (Wildman–Crippen MR) is 41.6 cm³/mol. The minimum absolute atomic E-state index is 0. The molecule has 0 heterocycles. The van der Waals surface area contributed by atoms with Crippen LogP contribution in [-0.2, 0) is 9.59 Å². The van der Waals surface area contributed by atoms with E-state index < -0.39 is 23.8 Å². The monoisotopic (exact) mass is 208 g/mol. The molecule has 0 saturated heterocycles. The summed E-state index contributed by atoms with van der Waals surface area (Å²) in [5.41, 5.74) is 0. The number of allylic oxidation sites excluding steroid dienone is 2. The molecule has 0 aromatic carbocycles. The molecule has 0 spiro atoms. The van der Waals surface area contributed by atoms with Gasteiger partial charge in [0.05, 0.1) is 11.8 Å². The molecule has 0 radical (unpaired) electrons. The molecule has 0 aromatic heterocycles. The SMILES string of the molecule is O=C(O)C1C=CC=CC1C(=O)O.[H-].[K+]. The summed E-state index contributed by atoms with van der Waals surface area (Å²) in [6.45, 7) is 0. The fourth-order valence-corrected chi connectivity index (χ4v) is 1.08. The van der Waals surface area contributed by atoms with E-state index in [2.05, 4.69) is 0 Å². The third-order valence-electron chi connectivity index (χ3n) is 1.71. The standard InChI is InChI=1S/C8H8O4.K.H/c9-7(10)5-3-1-2-4-6(5)8(11)12;;/h1-6H,(H,9,10)(H,11,12);;/q;+1;-1. The normalized spacial score (nSPS) is 24.9.